The second kappa shape index (κ2) is 8.09. The molecule has 2 aliphatic heterocycles. The molecule has 4 heterocycles. The van der Waals surface area contributed by atoms with E-state index in [2.05, 4.69) is 10.2 Å². The maximum absolute atomic E-state index is 13.4. The third kappa shape index (κ3) is 3.36. The molecule has 0 radical (unpaired) electrons. The van der Waals surface area contributed by atoms with Crippen molar-refractivity contribution in [2.45, 2.75) is 18.9 Å². The molecule has 4 aromatic rings. The molecule has 0 spiro atoms. The Labute approximate surface area is 196 Å². The van der Waals surface area contributed by atoms with Gasteiger partial charge >= 0.3 is 0 Å². The first-order valence-corrected chi connectivity index (χ1v) is 11.5. The van der Waals surface area contributed by atoms with Crippen LogP contribution < -0.4 is 10.3 Å². The number of benzene rings is 2. The summed E-state index contributed by atoms with van der Waals surface area (Å²) in [6.07, 6.45) is 1.02. The minimum absolute atomic E-state index is 0.0265. The number of nitrogens with zero attached hydrogens (tertiary/aromatic N) is 4. The van der Waals surface area contributed by atoms with E-state index in [-0.39, 0.29) is 17.4 Å². The number of aromatic nitrogens is 3. The molecule has 7 nitrogen and oxygen atoms in total. The van der Waals surface area contributed by atoms with Gasteiger partial charge in [-0.25, -0.2) is 0 Å². The van der Waals surface area contributed by atoms with Crippen LogP contribution in [-0.2, 0) is 6.54 Å². The lowest BCUT2D eigenvalue weighted by Gasteiger charge is -2.42. The molecule has 0 saturated carbocycles. The molecule has 0 unspecified atom stereocenters. The minimum atomic E-state index is 0.0265. The first kappa shape index (κ1) is 20.6. The van der Waals surface area contributed by atoms with Crippen molar-refractivity contribution in [3.05, 3.63) is 88.3 Å². The van der Waals surface area contributed by atoms with E-state index in [0.717, 1.165) is 34.1 Å². The highest BCUT2D eigenvalue weighted by atomic mass is 16.5. The number of hydrogen-bond donors (Lipinski definition) is 0. The van der Waals surface area contributed by atoms with Crippen molar-refractivity contribution in [3.63, 3.8) is 0 Å². The number of likely N-dealkylation sites (tertiary alicyclic amines) is 1. The summed E-state index contributed by atoms with van der Waals surface area (Å²) in [7, 11) is 1.59. The van der Waals surface area contributed by atoms with Crippen LogP contribution in [0.15, 0.2) is 71.5 Å². The molecule has 2 aromatic carbocycles. The van der Waals surface area contributed by atoms with Crippen molar-refractivity contribution in [1.29, 1.82) is 0 Å². The zero-order valence-electron chi connectivity index (χ0n) is 18.8. The maximum atomic E-state index is 13.4. The molecule has 1 saturated heterocycles. The van der Waals surface area contributed by atoms with Crippen LogP contribution in [0.2, 0.25) is 0 Å². The number of hydrogen-bond acceptors (Lipinski definition) is 5. The highest BCUT2D eigenvalue weighted by Crippen LogP contribution is 2.36. The lowest BCUT2D eigenvalue weighted by molar-refractivity contribution is 0.0594. The largest absolute Gasteiger partial charge is 0.479 e. The molecule has 2 bridgehead atoms. The predicted molar refractivity (Wildman–Crippen MR) is 129 cm³/mol. The van der Waals surface area contributed by atoms with Gasteiger partial charge in [0.15, 0.2) is 0 Å². The Morgan fingerprint density at radius 3 is 2.50 bits per heavy atom. The van der Waals surface area contributed by atoms with Gasteiger partial charge in [-0.15, -0.1) is 10.2 Å². The summed E-state index contributed by atoms with van der Waals surface area (Å²) in [6, 6.07) is 20.9. The third-order valence-electron chi connectivity index (χ3n) is 7.02. The number of piperidine rings is 1. The van der Waals surface area contributed by atoms with Gasteiger partial charge in [-0.2, -0.15) is 0 Å². The lowest BCUT2D eigenvalue weighted by atomic mass is 9.83. The number of fused-ring (bicyclic) bond motifs is 5. The summed E-state index contributed by atoms with van der Waals surface area (Å²) in [5.41, 5.74) is 3.40. The lowest BCUT2D eigenvalue weighted by Crippen LogP contribution is -2.49. The third-order valence-corrected chi connectivity index (χ3v) is 7.02. The number of carbonyl (C=O) groups excluding carboxylic acids is 1. The van der Waals surface area contributed by atoms with E-state index >= 15 is 0 Å². The van der Waals surface area contributed by atoms with Gasteiger partial charge in [-0.3, -0.25) is 9.59 Å². The molecule has 2 aromatic heterocycles. The first-order chi connectivity index (χ1) is 16.6. The second-order valence-corrected chi connectivity index (χ2v) is 9.09. The average molecular weight is 453 g/mol. The van der Waals surface area contributed by atoms with Gasteiger partial charge < -0.3 is 14.2 Å². The van der Waals surface area contributed by atoms with Gasteiger partial charge in [0.2, 0.25) is 5.88 Å². The summed E-state index contributed by atoms with van der Waals surface area (Å²) < 4.78 is 7.24. The number of carbonyl (C=O) groups is 1. The topological polar surface area (TPSA) is 77.3 Å². The van der Waals surface area contributed by atoms with Crippen molar-refractivity contribution in [1.82, 2.24) is 19.7 Å². The van der Waals surface area contributed by atoms with Crippen LogP contribution >= 0.6 is 0 Å². The fraction of sp³-hybridized carbons (Fsp3) is 0.259. The molecule has 170 valence electrons. The van der Waals surface area contributed by atoms with Gasteiger partial charge in [-0.1, -0.05) is 36.4 Å². The van der Waals surface area contributed by atoms with Gasteiger partial charge in [0.05, 0.1) is 7.11 Å². The van der Waals surface area contributed by atoms with Crippen LogP contribution in [-0.4, -0.2) is 45.8 Å². The summed E-state index contributed by atoms with van der Waals surface area (Å²) in [5.74, 6) is 1.02. The van der Waals surface area contributed by atoms with E-state index in [4.69, 9.17) is 4.74 Å². The minimum Gasteiger partial charge on any atom is -0.479 e. The molecule has 0 N–H and O–H groups in total. The second-order valence-electron chi connectivity index (χ2n) is 9.09. The Hall–Kier alpha value is -4.00. The summed E-state index contributed by atoms with van der Waals surface area (Å²) in [4.78, 5) is 27.6. The van der Waals surface area contributed by atoms with Crippen molar-refractivity contribution in [2.24, 2.45) is 5.92 Å². The van der Waals surface area contributed by atoms with Crippen molar-refractivity contribution < 1.29 is 9.53 Å². The number of amides is 1. The fourth-order valence-electron chi connectivity index (χ4n) is 5.46. The van der Waals surface area contributed by atoms with Crippen LogP contribution in [0.3, 0.4) is 0 Å². The van der Waals surface area contributed by atoms with Gasteiger partial charge in [-0.05, 0) is 36.6 Å². The van der Waals surface area contributed by atoms with E-state index in [9.17, 15) is 9.59 Å². The number of rotatable bonds is 3. The first-order valence-electron chi connectivity index (χ1n) is 11.5. The van der Waals surface area contributed by atoms with Crippen molar-refractivity contribution >= 4 is 16.7 Å². The molecule has 34 heavy (non-hydrogen) atoms. The highest BCUT2D eigenvalue weighted by molar-refractivity contribution is 5.98. The number of methoxy groups -OCH3 is 1. The molecule has 7 heteroatoms. The molecule has 6 rings (SSSR count). The Morgan fingerprint density at radius 2 is 1.71 bits per heavy atom. The maximum Gasteiger partial charge on any atom is 0.253 e. The van der Waals surface area contributed by atoms with Crippen LogP contribution in [0.4, 0.5) is 0 Å². The van der Waals surface area contributed by atoms with Crippen molar-refractivity contribution in [2.75, 3.05) is 20.2 Å². The Kier molecular flexibility index (Phi) is 4.90. The average Bonchev–Trinajstić information content (AvgIpc) is 2.88. The van der Waals surface area contributed by atoms with Crippen molar-refractivity contribution in [3.8, 4) is 17.1 Å². The van der Waals surface area contributed by atoms with Gasteiger partial charge in [0.25, 0.3) is 11.5 Å². The Morgan fingerprint density at radius 1 is 0.912 bits per heavy atom. The number of ether oxygens (including phenoxy) is 1. The van der Waals surface area contributed by atoms with E-state index in [1.165, 1.54) is 0 Å². The van der Waals surface area contributed by atoms with Crippen LogP contribution in [0, 0.1) is 5.92 Å². The van der Waals surface area contributed by atoms with Crippen LogP contribution in [0.1, 0.15) is 28.4 Å². The summed E-state index contributed by atoms with van der Waals surface area (Å²) in [6.45, 7) is 1.99. The van der Waals surface area contributed by atoms with Gasteiger partial charge in [0.1, 0.15) is 5.69 Å². The molecule has 1 fully saturated rings. The highest BCUT2D eigenvalue weighted by Gasteiger charge is 2.36. The predicted octanol–water partition coefficient (Wildman–Crippen LogP) is 3.73. The SMILES string of the molecule is COc1nnc(-c2ccc(C(=O)N3C[C@H]4C[C@@H](C3)c3cccc(=O)n3C4)cc2)c2ccccc12. The van der Waals surface area contributed by atoms with E-state index < -0.39 is 0 Å². The molecule has 2 atom stereocenters. The molecular formula is C27H24N4O3. The number of pyridine rings is 1. The molecule has 0 aliphatic carbocycles. The van der Waals surface area contributed by atoms with Crippen LogP contribution in [0.5, 0.6) is 5.88 Å². The Bertz CT molecular complexity index is 1460. The quantitative estimate of drug-likeness (QED) is 0.473. The zero-order chi connectivity index (χ0) is 23.2. The Balaban J connectivity index is 1.27. The molecule has 2 aliphatic rings. The molecule has 1 amide bonds. The van der Waals surface area contributed by atoms with Crippen LogP contribution in [0.25, 0.3) is 22.0 Å². The van der Waals surface area contributed by atoms with E-state index in [1.54, 1.807) is 13.2 Å². The summed E-state index contributed by atoms with van der Waals surface area (Å²) >= 11 is 0. The standard InChI is InChI=1S/C27H24N4O3/c1-34-26-22-6-3-2-5-21(22)25(28-29-26)18-9-11-19(12-10-18)27(33)30-14-17-13-20(16-30)23-7-4-8-24(32)31(23)15-17/h2-12,17,20H,13-16H2,1H3/t17-,20+/m1/s1. The van der Waals surface area contributed by atoms with E-state index in [0.29, 0.717) is 37.0 Å². The monoisotopic (exact) mass is 452 g/mol. The zero-order valence-corrected chi connectivity index (χ0v) is 18.8. The fourth-order valence-corrected chi connectivity index (χ4v) is 5.46. The molecular weight excluding hydrogens is 428 g/mol. The van der Waals surface area contributed by atoms with Gasteiger partial charge in [0, 0.05) is 59.2 Å². The normalized spacial score (nSPS) is 19.0. The summed E-state index contributed by atoms with van der Waals surface area (Å²) in [5, 5.41) is 10.4. The van der Waals surface area contributed by atoms with E-state index in [1.807, 2.05) is 70.1 Å². The smallest absolute Gasteiger partial charge is 0.253 e.